The van der Waals surface area contributed by atoms with Crippen molar-refractivity contribution in [2.45, 2.75) is 37.8 Å². The first-order valence-electron chi connectivity index (χ1n) is 6.57. The highest BCUT2D eigenvalue weighted by molar-refractivity contribution is 5.85. The van der Waals surface area contributed by atoms with Crippen LogP contribution in [-0.2, 0) is 14.3 Å². The minimum absolute atomic E-state index is 0. The average molecular weight is 279 g/mol. The first kappa shape index (κ1) is 15.7. The lowest BCUT2D eigenvalue weighted by atomic mass is 10.2. The lowest BCUT2D eigenvalue weighted by molar-refractivity contribution is -0.122. The quantitative estimate of drug-likeness (QED) is 0.694. The molecule has 106 valence electrons. The van der Waals surface area contributed by atoms with Crippen molar-refractivity contribution in [3.8, 4) is 0 Å². The molecule has 0 bridgehead atoms. The van der Waals surface area contributed by atoms with Gasteiger partial charge in [-0.15, -0.1) is 12.4 Å². The van der Waals surface area contributed by atoms with Gasteiger partial charge in [-0.2, -0.15) is 0 Å². The van der Waals surface area contributed by atoms with Crippen LogP contribution in [0, 0.1) is 0 Å². The molecule has 2 heterocycles. The van der Waals surface area contributed by atoms with Crippen molar-refractivity contribution in [2.24, 2.45) is 0 Å². The Bertz CT molecular complexity index is 241. The summed E-state index contributed by atoms with van der Waals surface area (Å²) < 4.78 is 10.8. The molecule has 0 aromatic carbocycles. The number of carbonyl (C=O) groups is 1. The Hall–Kier alpha value is -0.360. The third-order valence-corrected chi connectivity index (χ3v) is 3.24. The zero-order valence-corrected chi connectivity index (χ0v) is 11.5. The second-order valence-electron chi connectivity index (χ2n) is 4.65. The molecule has 2 fully saturated rings. The molecular weight excluding hydrogens is 256 g/mol. The third kappa shape index (κ3) is 5.10. The van der Waals surface area contributed by atoms with Gasteiger partial charge in [0.15, 0.2) is 0 Å². The number of nitrogens with one attached hydrogen (secondary N) is 2. The first-order chi connectivity index (χ1) is 8.36. The number of amides is 1. The fraction of sp³-hybridized carbons (Fsp3) is 0.917. The number of hydrogen-bond donors (Lipinski definition) is 2. The Labute approximate surface area is 114 Å². The highest BCUT2D eigenvalue weighted by Gasteiger charge is 2.21. The maximum atomic E-state index is 11.6. The predicted octanol–water partition coefficient (Wildman–Crippen LogP) is 0.472. The SMILES string of the molecule is Cl.O=C(NCCCOC1CCOC1)C1CCCN1. The predicted molar refractivity (Wildman–Crippen MR) is 71.1 cm³/mol. The van der Waals surface area contributed by atoms with Crippen LogP contribution < -0.4 is 10.6 Å². The van der Waals surface area contributed by atoms with Crippen molar-refractivity contribution in [2.75, 3.05) is 32.9 Å². The molecule has 0 aliphatic carbocycles. The summed E-state index contributed by atoms with van der Waals surface area (Å²) in [5.74, 6) is 0.131. The Morgan fingerprint density at radius 2 is 2.33 bits per heavy atom. The van der Waals surface area contributed by atoms with Crippen molar-refractivity contribution in [3.63, 3.8) is 0 Å². The molecule has 2 N–H and O–H groups in total. The number of carbonyl (C=O) groups excluding carboxylic acids is 1. The average Bonchev–Trinajstić information content (AvgIpc) is 3.01. The molecule has 0 saturated carbocycles. The highest BCUT2D eigenvalue weighted by Crippen LogP contribution is 2.08. The van der Waals surface area contributed by atoms with E-state index < -0.39 is 0 Å². The van der Waals surface area contributed by atoms with E-state index in [0.717, 1.165) is 45.4 Å². The second kappa shape index (κ2) is 8.69. The fourth-order valence-electron chi connectivity index (χ4n) is 2.21. The normalized spacial score (nSPS) is 26.9. The van der Waals surface area contributed by atoms with Gasteiger partial charge in [-0.05, 0) is 32.2 Å². The van der Waals surface area contributed by atoms with Gasteiger partial charge in [0.25, 0.3) is 0 Å². The highest BCUT2D eigenvalue weighted by atomic mass is 35.5. The van der Waals surface area contributed by atoms with E-state index >= 15 is 0 Å². The lowest BCUT2D eigenvalue weighted by Crippen LogP contribution is -2.40. The van der Waals surface area contributed by atoms with E-state index in [1.807, 2.05) is 0 Å². The molecule has 0 radical (unpaired) electrons. The van der Waals surface area contributed by atoms with Crippen LogP contribution >= 0.6 is 12.4 Å². The van der Waals surface area contributed by atoms with Gasteiger partial charge in [-0.1, -0.05) is 0 Å². The van der Waals surface area contributed by atoms with Gasteiger partial charge in [-0.3, -0.25) is 4.79 Å². The van der Waals surface area contributed by atoms with E-state index in [4.69, 9.17) is 9.47 Å². The van der Waals surface area contributed by atoms with Crippen molar-refractivity contribution in [3.05, 3.63) is 0 Å². The Kier molecular flexibility index (Phi) is 7.58. The molecule has 0 spiro atoms. The summed E-state index contributed by atoms with van der Waals surface area (Å²) in [5.41, 5.74) is 0. The van der Waals surface area contributed by atoms with E-state index in [1.165, 1.54) is 0 Å². The van der Waals surface area contributed by atoms with Gasteiger partial charge in [-0.25, -0.2) is 0 Å². The number of hydrogen-bond acceptors (Lipinski definition) is 4. The largest absolute Gasteiger partial charge is 0.379 e. The molecule has 2 aliphatic heterocycles. The lowest BCUT2D eigenvalue weighted by Gasteiger charge is -2.12. The molecule has 18 heavy (non-hydrogen) atoms. The molecule has 1 amide bonds. The molecule has 5 nitrogen and oxygen atoms in total. The zero-order valence-electron chi connectivity index (χ0n) is 10.7. The molecule has 2 rings (SSSR count). The standard InChI is InChI=1S/C12H22N2O3.ClH/c15-12(11-3-1-5-13-11)14-6-2-7-17-10-4-8-16-9-10;/h10-11,13H,1-9H2,(H,14,15);1H. The molecule has 6 heteroatoms. The molecule has 2 unspecified atom stereocenters. The summed E-state index contributed by atoms with van der Waals surface area (Å²) in [5, 5.41) is 6.12. The van der Waals surface area contributed by atoms with Gasteiger partial charge < -0.3 is 20.1 Å². The summed E-state index contributed by atoms with van der Waals surface area (Å²) in [6.07, 6.45) is 4.19. The van der Waals surface area contributed by atoms with Gasteiger partial charge in [0, 0.05) is 19.8 Å². The van der Waals surface area contributed by atoms with E-state index in [1.54, 1.807) is 0 Å². The molecule has 2 aliphatic rings. The molecule has 2 saturated heterocycles. The van der Waals surface area contributed by atoms with Crippen molar-refractivity contribution < 1.29 is 14.3 Å². The second-order valence-corrected chi connectivity index (χ2v) is 4.65. The van der Waals surface area contributed by atoms with Crippen molar-refractivity contribution in [1.82, 2.24) is 10.6 Å². The van der Waals surface area contributed by atoms with E-state index in [2.05, 4.69) is 10.6 Å². The number of ether oxygens (including phenoxy) is 2. The summed E-state index contributed by atoms with van der Waals surface area (Å²) >= 11 is 0. The number of halogens is 1. The summed E-state index contributed by atoms with van der Waals surface area (Å²) in [7, 11) is 0. The Morgan fingerprint density at radius 3 is 3.00 bits per heavy atom. The maximum Gasteiger partial charge on any atom is 0.237 e. The van der Waals surface area contributed by atoms with Crippen LogP contribution in [0.25, 0.3) is 0 Å². The zero-order chi connectivity index (χ0) is 11.9. The van der Waals surface area contributed by atoms with Crippen LogP contribution in [0.1, 0.15) is 25.7 Å². The molecular formula is C12H23ClN2O3. The van der Waals surface area contributed by atoms with Gasteiger partial charge in [0.05, 0.1) is 18.8 Å². The van der Waals surface area contributed by atoms with E-state index in [-0.39, 0.29) is 30.5 Å². The fourth-order valence-corrected chi connectivity index (χ4v) is 2.21. The Balaban J connectivity index is 0.00000162. The summed E-state index contributed by atoms with van der Waals surface area (Å²) in [6, 6.07) is 0.0270. The van der Waals surface area contributed by atoms with Crippen molar-refractivity contribution >= 4 is 18.3 Å². The first-order valence-corrected chi connectivity index (χ1v) is 6.57. The summed E-state index contributed by atoms with van der Waals surface area (Å²) in [4.78, 5) is 11.6. The molecule has 0 aromatic rings. The van der Waals surface area contributed by atoms with E-state index in [9.17, 15) is 4.79 Å². The number of rotatable bonds is 6. The van der Waals surface area contributed by atoms with Crippen LogP contribution in [0.4, 0.5) is 0 Å². The molecule has 2 atom stereocenters. The van der Waals surface area contributed by atoms with Crippen LogP contribution in [0.3, 0.4) is 0 Å². The molecule has 0 aromatic heterocycles. The van der Waals surface area contributed by atoms with Crippen LogP contribution in [0.2, 0.25) is 0 Å². The van der Waals surface area contributed by atoms with Gasteiger partial charge >= 0.3 is 0 Å². The van der Waals surface area contributed by atoms with E-state index in [0.29, 0.717) is 13.2 Å². The topological polar surface area (TPSA) is 59.6 Å². The third-order valence-electron chi connectivity index (χ3n) is 3.24. The smallest absolute Gasteiger partial charge is 0.237 e. The Morgan fingerprint density at radius 1 is 1.44 bits per heavy atom. The van der Waals surface area contributed by atoms with Crippen molar-refractivity contribution in [1.29, 1.82) is 0 Å². The summed E-state index contributed by atoms with van der Waals surface area (Å²) in [6.45, 7) is 3.90. The maximum absolute atomic E-state index is 11.6. The van der Waals surface area contributed by atoms with Gasteiger partial charge in [0.2, 0.25) is 5.91 Å². The van der Waals surface area contributed by atoms with Crippen LogP contribution in [0.5, 0.6) is 0 Å². The van der Waals surface area contributed by atoms with Gasteiger partial charge in [0.1, 0.15) is 0 Å². The minimum Gasteiger partial charge on any atom is -0.379 e. The van der Waals surface area contributed by atoms with Crippen LogP contribution in [-0.4, -0.2) is 51.0 Å². The minimum atomic E-state index is 0. The van der Waals surface area contributed by atoms with Crippen LogP contribution in [0.15, 0.2) is 0 Å². The monoisotopic (exact) mass is 278 g/mol.